The van der Waals surface area contributed by atoms with Crippen molar-refractivity contribution in [2.24, 2.45) is 0 Å². The SMILES string of the molecule is CCOC(=O)N1CCN(C(=O)c2c(=O)o[nH][n+]2-c2ccc(OC)cc2)CC1. The molecule has 0 radical (unpaired) electrons. The average Bonchev–Trinajstić information content (AvgIpc) is 3.09. The number of piperazine rings is 1. The topological polar surface area (TPSA) is 109 Å². The molecule has 1 saturated heterocycles. The van der Waals surface area contributed by atoms with Gasteiger partial charge in [-0.05, 0) is 29.0 Å². The largest absolute Gasteiger partial charge is 0.497 e. The molecule has 1 aromatic carbocycles. The van der Waals surface area contributed by atoms with Gasteiger partial charge >= 0.3 is 23.3 Å². The van der Waals surface area contributed by atoms with Gasteiger partial charge in [-0.25, -0.2) is 9.59 Å². The Labute approximate surface area is 154 Å². The Bertz CT molecular complexity index is 864. The number of H-pyrrole nitrogens is 1. The van der Waals surface area contributed by atoms with Gasteiger partial charge in [0.25, 0.3) is 0 Å². The van der Waals surface area contributed by atoms with Crippen molar-refractivity contribution in [3.63, 3.8) is 0 Å². The van der Waals surface area contributed by atoms with Crippen LogP contribution >= 0.6 is 0 Å². The third-order valence-electron chi connectivity index (χ3n) is 4.27. The standard InChI is InChI=1S/C17H20N4O6/c1-3-26-17(24)20-10-8-19(9-11-20)15(22)14-16(23)27-18-21(14)12-4-6-13(25-2)7-5-12/h4-7H,3,8-11H2,1-2H3/p+1. The van der Waals surface area contributed by atoms with E-state index < -0.39 is 17.6 Å². The lowest BCUT2D eigenvalue weighted by Gasteiger charge is -2.32. The summed E-state index contributed by atoms with van der Waals surface area (Å²) in [5.41, 5.74) is -0.344. The van der Waals surface area contributed by atoms with E-state index in [-0.39, 0.29) is 5.69 Å². The highest BCUT2D eigenvalue weighted by molar-refractivity contribution is 5.90. The zero-order valence-corrected chi connectivity index (χ0v) is 15.1. The number of aromatic nitrogens is 2. The van der Waals surface area contributed by atoms with E-state index in [4.69, 9.17) is 14.0 Å². The smallest absolute Gasteiger partial charge is 0.441 e. The zero-order valence-electron chi connectivity index (χ0n) is 15.1. The van der Waals surface area contributed by atoms with Crippen molar-refractivity contribution < 1.29 is 28.3 Å². The van der Waals surface area contributed by atoms with Crippen LogP contribution in [-0.4, -0.2) is 67.0 Å². The fraction of sp³-hybridized carbons (Fsp3) is 0.412. The van der Waals surface area contributed by atoms with Crippen molar-refractivity contribution in [1.82, 2.24) is 15.1 Å². The fourth-order valence-corrected chi connectivity index (χ4v) is 2.83. The molecule has 0 bridgehead atoms. The van der Waals surface area contributed by atoms with Gasteiger partial charge in [0.1, 0.15) is 5.75 Å². The molecule has 0 atom stereocenters. The molecule has 10 heteroatoms. The third-order valence-corrected chi connectivity index (χ3v) is 4.27. The van der Waals surface area contributed by atoms with Gasteiger partial charge < -0.3 is 19.3 Å². The number of amides is 2. The number of carbonyl (C=O) groups excluding carboxylic acids is 2. The second-order valence-electron chi connectivity index (χ2n) is 5.84. The summed E-state index contributed by atoms with van der Waals surface area (Å²) in [6.45, 7) is 3.30. The second-order valence-corrected chi connectivity index (χ2v) is 5.84. The summed E-state index contributed by atoms with van der Waals surface area (Å²) in [5, 5.41) is 2.45. The molecular formula is C17H21N4O6+. The minimum Gasteiger partial charge on any atom is -0.497 e. The quantitative estimate of drug-likeness (QED) is 0.761. The first-order valence-corrected chi connectivity index (χ1v) is 8.54. The Hall–Kier alpha value is -3.30. The van der Waals surface area contributed by atoms with E-state index in [2.05, 4.69) is 5.27 Å². The maximum Gasteiger partial charge on any atom is 0.441 e. The molecule has 0 spiro atoms. The second kappa shape index (κ2) is 7.94. The van der Waals surface area contributed by atoms with Crippen LogP contribution in [0.25, 0.3) is 5.69 Å². The van der Waals surface area contributed by atoms with Crippen LogP contribution in [0.2, 0.25) is 0 Å². The highest BCUT2D eigenvalue weighted by atomic mass is 16.6. The number of ether oxygens (including phenoxy) is 2. The van der Waals surface area contributed by atoms with E-state index in [9.17, 15) is 14.4 Å². The number of hydrogen-bond donors (Lipinski definition) is 1. The van der Waals surface area contributed by atoms with E-state index in [1.807, 2.05) is 0 Å². The van der Waals surface area contributed by atoms with Crippen molar-refractivity contribution in [1.29, 1.82) is 0 Å². The lowest BCUT2D eigenvalue weighted by atomic mass is 10.2. The minimum absolute atomic E-state index is 0.134. The number of methoxy groups -OCH3 is 1. The van der Waals surface area contributed by atoms with E-state index in [1.165, 1.54) is 14.5 Å². The van der Waals surface area contributed by atoms with Crippen LogP contribution in [0.15, 0.2) is 33.6 Å². The van der Waals surface area contributed by atoms with Gasteiger partial charge in [0.2, 0.25) is 5.69 Å². The Morgan fingerprint density at radius 1 is 1.15 bits per heavy atom. The van der Waals surface area contributed by atoms with Gasteiger partial charge in [-0.15, -0.1) is 0 Å². The maximum atomic E-state index is 12.9. The van der Waals surface area contributed by atoms with Gasteiger partial charge in [-0.3, -0.25) is 9.32 Å². The van der Waals surface area contributed by atoms with E-state index in [1.54, 1.807) is 38.3 Å². The van der Waals surface area contributed by atoms with E-state index in [0.29, 0.717) is 44.2 Å². The van der Waals surface area contributed by atoms with Crippen molar-refractivity contribution in [2.75, 3.05) is 39.9 Å². The molecule has 2 aromatic rings. The van der Waals surface area contributed by atoms with E-state index in [0.717, 1.165) is 0 Å². The van der Waals surface area contributed by atoms with Crippen LogP contribution in [0.1, 0.15) is 17.4 Å². The molecule has 1 fully saturated rings. The predicted molar refractivity (Wildman–Crippen MR) is 91.9 cm³/mol. The lowest BCUT2D eigenvalue weighted by molar-refractivity contribution is -0.672. The van der Waals surface area contributed by atoms with Crippen molar-refractivity contribution in [3.8, 4) is 11.4 Å². The van der Waals surface area contributed by atoms with Gasteiger partial charge in [-0.2, -0.15) is 0 Å². The molecule has 144 valence electrons. The van der Waals surface area contributed by atoms with Crippen LogP contribution in [-0.2, 0) is 4.74 Å². The molecule has 0 saturated carbocycles. The first-order chi connectivity index (χ1) is 13.0. The molecule has 2 amide bonds. The first-order valence-electron chi connectivity index (χ1n) is 8.54. The number of carbonyl (C=O) groups is 2. The van der Waals surface area contributed by atoms with Crippen LogP contribution in [0.5, 0.6) is 5.75 Å². The highest BCUT2D eigenvalue weighted by Crippen LogP contribution is 2.12. The number of nitrogens with zero attached hydrogens (tertiary/aromatic N) is 3. The normalized spacial score (nSPS) is 14.1. The Kier molecular flexibility index (Phi) is 5.43. The molecule has 1 aromatic heterocycles. The summed E-state index contributed by atoms with van der Waals surface area (Å²) < 4.78 is 16.2. The summed E-state index contributed by atoms with van der Waals surface area (Å²) in [4.78, 5) is 39.8. The first kappa shape index (κ1) is 18.5. The number of rotatable bonds is 4. The highest BCUT2D eigenvalue weighted by Gasteiger charge is 2.36. The Balaban J connectivity index is 1.77. The molecule has 1 N–H and O–H groups in total. The zero-order chi connectivity index (χ0) is 19.4. The predicted octanol–water partition coefficient (Wildman–Crippen LogP) is 0.168. The Morgan fingerprint density at radius 2 is 1.78 bits per heavy atom. The number of benzene rings is 1. The molecule has 1 aliphatic heterocycles. The van der Waals surface area contributed by atoms with Crippen molar-refractivity contribution in [2.45, 2.75) is 6.92 Å². The lowest BCUT2D eigenvalue weighted by Crippen LogP contribution is -2.54. The van der Waals surface area contributed by atoms with Gasteiger partial charge in [0, 0.05) is 38.3 Å². The number of nitrogens with one attached hydrogen (secondary N) is 1. The van der Waals surface area contributed by atoms with Gasteiger partial charge in [0.05, 0.1) is 13.7 Å². The van der Waals surface area contributed by atoms with Crippen LogP contribution in [0, 0.1) is 0 Å². The summed E-state index contributed by atoms with van der Waals surface area (Å²) in [6, 6.07) is 6.81. The molecule has 2 heterocycles. The summed E-state index contributed by atoms with van der Waals surface area (Å²) in [7, 11) is 1.55. The fourth-order valence-electron chi connectivity index (χ4n) is 2.83. The average molecular weight is 377 g/mol. The summed E-state index contributed by atoms with van der Waals surface area (Å²) >= 11 is 0. The Morgan fingerprint density at radius 3 is 2.37 bits per heavy atom. The number of aromatic amines is 1. The molecule has 27 heavy (non-hydrogen) atoms. The molecule has 0 aliphatic carbocycles. The van der Waals surface area contributed by atoms with E-state index >= 15 is 0 Å². The minimum atomic E-state index is -0.761. The van der Waals surface area contributed by atoms with Crippen molar-refractivity contribution in [3.05, 3.63) is 40.4 Å². The third kappa shape index (κ3) is 3.78. The number of hydrogen-bond acceptors (Lipinski definition) is 6. The molecule has 0 unspecified atom stereocenters. The maximum absolute atomic E-state index is 12.9. The van der Waals surface area contributed by atoms with Crippen LogP contribution in [0.4, 0.5) is 4.79 Å². The van der Waals surface area contributed by atoms with Crippen LogP contribution < -0.4 is 15.0 Å². The summed E-state index contributed by atoms with van der Waals surface area (Å²) in [6.07, 6.45) is -0.404. The van der Waals surface area contributed by atoms with Gasteiger partial charge in [0.15, 0.2) is 0 Å². The molecule has 1 aliphatic rings. The van der Waals surface area contributed by atoms with Crippen molar-refractivity contribution >= 4 is 12.0 Å². The molecule has 3 rings (SSSR count). The molecule has 10 nitrogen and oxygen atoms in total. The molecular weight excluding hydrogens is 356 g/mol. The van der Waals surface area contributed by atoms with Gasteiger partial charge in [-0.1, -0.05) is 0 Å². The van der Waals surface area contributed by atoms with Crippen LogP contribution in [0.3, 0.4) is 0 Å². The summed E-state index contributed by atoms with van der Waals surface area (Å²) in [5.74, 6) is 0.178. The monoisotopic (exact) mass is 377 g/mol.